The predicted molar refractivity (Wildman–Crippen MR) is 164 cm³/mol. The Balaban J connectivity index is 1.54. The Kier molecular flexibility index (Phi) is 8.44. The molecule has 2 aromatic carbocycles. The summed E-state index contributed by atoms with van der Waals surface area (Å²) in [5, 5.41) is 0. The fourth-order valence-electron chi connectivity index (χ4n) is 5.17. The number of benzene rings is 2. The van der Waals surface area contributed by atoms with Gasteiger partial charge < -0.3 is 4.90 Å². The van der Waals surface area contributed by atoms with E-state index >= 15 is 0 Å². The summed E-state index contributed by atoms with van der Waals surface area (Å²) < 4.78 is 0. The second-order valence-electron chi connectivity index (χ2n) is 10.5. The van der Waals surface area contributed by atoms with Crippen molar-refractivity contribution < 1.29 is 0 Å². The number of allylic oxidation sites excluding steroid dienone is 7. The van der Waals surface area contributed by atoms with Gasteiger partial charge in [-0.25, -0.2) is 0 Å². The van der Waals surface area contributed by atoms with Crippen molar-refractivity contribution >= 4 is 29.2 Å². The third kappa shape index (κ3) is 6.10. The van der Waals surface area contributed by atoms with Crippen molar-refractivity contribution in [2.45, 2.75) is 51.9 Å². The molecular weight excluding hydrogens is 468 g/mol. The van der Waals surface area contributed by atoms with Crippen molar-refractivity contribution in [2.24, 2.45) is 10.9 Å². The molecule has 0 fully saturated rings. The van der Waals surface area contributed by atoms with Crippen LogP contribution in [0.2, 0.25) is 0 Å². The summed E-state index contributed by atoms with van der Waals surface area (Å²) >= 11 is 1.83. The van der Waals surface area contributed by atoms with Crippen molar-refractivity contribution in [3.8, 4) is 0 Å². The van der Waals surface area contributed by atoms with E-state index in [-0.39, 0.29) is 0 Å². The minimum atomic E-state index is 0.328. The Bertz CT molecular complexity index is 1340. The van der Waals surface area contributed by atoms with E-state index < -0.39 is 0 Å². The maximum atomic E-state index is 5.10. The van der Waals surface area contributed by atoms with Gasteiger partial charge in [0.25, 0.3) is 0 Å². The summed E-state index contributed by atoms with van der Waals surface area (Å²) in [6, 6.07) is 13.4. The van der Waals surface area contributed by atoms with Gasteiger partial charge in [0, 0.05) is 36.3 Å². The van der Waals surface area contributed by atoms with Gasteiger partial charge in [-0.15, -0.1) is 11.8 Å². The summed E-state index contributed by atoms with van der Waals surface area (Å²) in [4.78, 5) is 8.50. The third-order valence-electron chi connectivity index (χ3n) is 7.23. The van der Waals surface area contributed by atoms with Crippen LogP contribution in [-0.4, -0.2) is 31.0 Å². The molecule has 0 bridgehead atoms. The van der Waals surface area contributed by atoms with Gasteiger partial charge in [0.05, 0.1) is 5.71 Å². The first-order chi connectivity index (χ1) is 17.7. The van der Waals surface area contributed by atoms with E-state index in [0.29, 0.717) is 5.92 Å². The smallest absolute Gasteiger partial charge is 0.0545 e. The maximum Gasteiger partial charge on any atom is 0.0545 e. The van der Waals surface area contributed by atoms with Crippen molar-refractivity contribution in [1.29, 1.82) is 0 Å². The SMILES string of the molecule is C=C(c1ccc(C2=NC(CCc3cc(SC)cc4c3C=C(/C(C=C(C)C)=C/C)C4)=CC2C)cc1)N(C)C. The molecule has 4 rings (SSSR count). The highest BCUT2D eigenvalue weighted by Gasteiger charge is 2.21. The second-order valence-corrected chi connectivity index (χ2v) is 11.4. The van der Waals surface area contributed by atoms with Crippen LogP contribution >= 0.6 is 11.8 Å². The maximum absolute atomic E-state index is 5.10. The van der Waals surface area contributed by atoms with E-state index in [2.05, 4.69) is 101 Å². The Morgan fingerprint density at radius 1 is 1.14 bits per heavy atom. The number of aliphatic imine (C=N–C) groups is 1. The van der Waals surface area contributed by atoms with Crippen LogP contribution in [0.1, 0.15) is 61.9 Å². The van der Waals surface area contributed by atoms with Crippen LogP contribution in [0, 0.1) is 5.92 Å². The lowest BCUT2D eigenvalue weighted by atomic mass is 9.97. The van der Waals surface area contributed by atoms with Crippen LogP contribution in [0.15, 0.2) is 93.5 Å². The zero-order valence-electron chi connectivity index (χ0n) is 23.5. The molecule has 1 heterocycles. The molecule has 1 unspecified atom stereocenters. The molecule has 2 aliphatic rings. The zero-order chi connectivity index (χ0) is 26.7. The van der Waals surface area contributed by atoms with E-state index in [1.807, 2.05) is 30.8 Å². The number of hydrogen-bond acceptors (Lipinski definition) is 3. The molecule has 1 aliphatic carbocycles. The fraction of sp³-hybridized carbons (Fsp3) is 0.324. The van der Waals surface area contributed by atoms with Gasteiger partial charge >= 0.3 is 0 Å². The highest BCUT2D eigenvalue weighted by Crippen LogP contribution is 2.36. The third-order valence-corrected chi connectivity index (χ3v) is 7.94. The van der Waals surface area contributed by atoms with Gasteiger partial charge in [0.15, 0.2) is 0 Å². The first-order valence-electron chi connectivity index (χ1n) is 13.2. The highest BCUT2D eigenvalue weighted by atomic mass is 32.2. The van der Waals surface area contributed by atoms with Crippen LogP contribution < -0.4 is 0 Å². The van der Waals surface area contributed by atoms with Gasteiger partial charge in [-0.3, -0.25) is 4.99 Å². The van der Waals surface area contributed by atoms with Crippen LogP contribution in [0.5, 0.6) is 0 Å². The number of nitrogens with zero attached hydrogens (tertiary/aromatic N) is 2. The number of rotatable bonds is 9. The molecule has 1 aliphatic heterocycles. The van der Waals surface area contributed by atoms with E-state index in [1.165, 1.54) is 55.3 Å². The lowest BCUT2D eigenvalue weighted by molar-refractivity contribution is 0.593. The molecule has 2 aromatic rings. The van der Waals surface area contributed by atoms with Crippen LogP contribution in [0.25, 0.3) is 11.8 Å². The summed E-state index contributed by atoms with van der Waals surface area (Å²) in [6.07, 6.45) is 14.5. The molecule has 0 saturated heterocycles. The average Bonchev–Trinajstić information content (AvgIpc) is 3.48. The Morgan fingerprint density at radius 2 is 1.86 bits per heavy atom. The average molecular weight is 509 g/mol. The number of aryl methyl sites for hydroxylation is 1. The molecule has 0 aromatic heterocycles. The van der Waals surface area contributed by atoms with Crippen LogP contribution in [0.3, 0.4) is 0 Å². The van der Waals surface area contributed by atoms with E-state index in [4.69, 9.17) is 4.99 Å². The largest absolute Gasteiger partial charge is 0.378 e. The zero-order valence-corrected chi connectivity index (χ0v) is 24.3. The Hall–Kier alpha value is -3.04. The van der Waals surface area contributed by atoms with Crippen LogP contribution in [-0.2, 0) is 12.8 Å². The summed E-state index contributed by atoms with van der Waals surface area (Å²) in [7, 11) is 4.05. The van der Waals surface area contributed by atoms with Gasteiger partial charge in [-0.05, 0) is 97.4 Å². The summed E-state index contributed by atoms with van der Waals surface area (Å²) in [5.74, 6) is 0.328. The van der Waals surface area contributed by atoms with E-state index in [1.54, 1.807) is 0 Å². The molecule has 1 atom stereocenters. The van der Waals surface area contributed by atoms with E-state index in [9.17, 15) is 0 Å². The van der Waals surface area contributed by atoms with Gasteiger partial charge in [0.1, 0.15) is 0 Å². The van der Waals surface area contributed by atoms with Gasteiger partial charge in [-0.2, -0.15) is 0 Å². The molecule has 0 radical (unpaired) electrons. The fourth-order valence-corrected chi connectivity index (χ4v) is 5.69. The molecule has 0 N–H and O–H groups in total. The minimum Gasteiger partial charge on any atom is -0.378 e. The molecular formula is C34H40N2S. The van der Waals surface area contributed by atoms with Crippen molar-refractivity contribution in [2.75, 3.05) is 20.4 Å². The monoisotopic (exact) mass is 508 g/mol. The van der Waals surface area contributed by atoms with Crippen LogP contribution in [0.4, 0.5) is 0 Å². The van der Waals surface area contributed by atoms with Gasteiger partial charge in [-0.1, -0.05) is 67.6 Å². The predicted octanol–water partition coefficient (Wildman–Crippen LogP) is 8.75. The summed E-state index contributed by atoms with van der Waals surface area (Å²) in [6.45, 7) is 12.9. The topological polar surface area (TPSA) is 15.6 Å². The second kappa shape index (κ2) is 11.6. The number of fused-ring (bicyclic) bond motifs is 1. The molecule has 3 heteroatoms. The number of hydrogen-bond donors (Lipinski definition) is 0. The summed E-state index contributed by atoms with van der Waals surface area (Å²) in [5.41, 5.74) is 14.1. The molecule has 0 spiro atoms. The highest BCUT2D eigenvalue weighted by molar-refractivity contribution is 7.98. The molecule has 2 nitrogen and oxygen atoms in total. The van der Waals surface area contributed by atoms with Crippen molar-refractivity contribution in [3.63, 3.8) is 0 Å². The molecule has 192 valence electrons. The molecule has 0 saturated carbocycles. The number of thioether (sulfide) groups is 1. The Morgan fingerprint density at radius 3 is 2.49 bits per heavy atom. The molecule has 0 amide bonds. The Labute approximate surface area is 228 Å². The lowest BCUT2D eigenvalue weighted by Crippen LogP contribution is -2.10. The normalized spacial score (nSPS) is 16.7. The molecule has 37 heavy (non-hydrogen) atoms. The lowest BCUT2D eigenvalue weighted by Gasteiger charge is -2.16. The standard InChI is InChI=1S/C34H40N2S/c1-9-25(16-22(2)3)29-18-30-20-32(37-8)19-28(33(30)21-29)14-15-31-17-23(4)34(35-31)27-12-10-26(11-13-27)24(5)36(6)7/h9-13,16-17,19-21,23H,5,14-15,18H2,1-4,6-8H3/b25-9+. The minimum absolute atomic E-state index is 0.328. The first-order valence-corrected chi connectivity index (χ1v) is 14.4. The van der Waals surface area contributed by atoms with Crippen molar-refractivity contribution in [3.05, 3.63) is 111 Å². The van der Waals surface area contributed by atoms with Crippen molar-refractivity contribution in [1.82, 2.24) is 4.90 Å². The van der Waals surface area contributed by atoms with E-state index in [0.717, 1.165) is 30.5 Å². The quantitative estimate of drug-likeness (QED) is 0.248. The van der Waals surface area contributed by atoms with Gasteiger partial charge in [0.2, 0.25) is 0 Å². The first kappa shape index (κ1) is 27.0.